The second-order valence-corrected chi connectivity index (χ2v) is 6.11. The van der Waals surface area contributed by atoms with E-state index in [1.54, 1.807) is 0 Å². The molecule has 0 aromatic heterocycles. The molecular weight excluding hydrogens is 226 g/mol. The van der Waals surface area contributed by atoms with Crippen molar-refractivity contribution in [2.45, 2.75) is 32.7 Å². The molecule has 0 radical (unpaired) electrons. The smallest absolute Gasteiger partial charge is 0.222 e. The van der Waals surface area contributed by atoms with Gasteiger partial charge in [0.1, 0.15) is 0 Å². The van der Waals surface area contributed by atoms with Crippen molar-refractivity contribution < 1.29 is 4.79 Å². The van der Waals surface area contributed by atoms with Crippen LogP contribution in [0.1, 0.15) is 26.7 Å². The zero-order valence-corrected chi connectivity index (χ0v) is 12.1. The van der Waals surface area contributed by atoms with E-state index in [0.717, 1.165) is 19.4 Å². The molecule has 0 N–H and O–H groups in total. The third-order valence-electron chi connectivity index (χ3n) is 4.38. The van der Waals surface area contributed by atoms with Crippen molar-refractivity contribution in [3.63, 3.8) is 0 Å². The molecule has 0 aromatic rings. The molecule has 4 heteroatoms. The highest BCUT2D eigenvalue weighted by Crippen LogP contribution is 2.18. The summed E-state index contributed by atoms with van der Waals surface area (Å²) in [6, 6.07) is 0.672. The molecule has 104 valence electrons. The Labute approximate surface area is 111 Å². The lowest BCUT2D eigenvalue weighted by Gasteiger charge is -2.39. The number of hydrogen-bond donors (Lipinski definition) is 0. The standard InChI is InChI=1S/C14H27N3O/c1-12(2)17-8-6-16(7-9-17)11-13-4-5-14(18)15(3)10-13/h12-13H,4-11H2,1-3H3. The average Bonchev–Trinajstić information content (AvgIpc) is 2.34. The van der Waals surface area contributed by atoms with Gasteiger partial charge in [0.25, 0.3) is 0 Å². The summed E-state index contributed by atoms with van der Waals surface area (Å²) >= 11 is 0. The molecule has 2 aliphatic heterocycles. The number of carbonyl (C=O) groups excluding carboxylic acids is 1. The number of piperidine rings is 1. The number of likely N-dealkylation sites (tertiary alicyclic amines) is 1. The second kappa shape index (κ2) is 6.02. The summed E-state index contributed by atoms with van der Waals surface area (Å²) in [6.07, 6.45) is 1.82. The molecule has 0 aromatic carbocycles. The molecule has 2 aliphatic rings. The van der Waals surface area contributed by atoms with Crippen LogP contribution in [0.5, 0.6) is 0 Å². The van der Waals surface area contributed by atoms with Crippen molar-refractivity contribution in [3.05, 3.63) is 0 Å². The molecular formula is C14H27N3O. The molecule has 2 heterocycles. The molecule has 0 bridgehead atoms. The van der Waals surface area contributed by atoms with E-state index in [1.807, 2.05) is 11.9 Å². The molecule has 2 saturated heterocycles. The number of hydrogen-bond acceptors (Lipinski definition) is 3. The van der Waals surface area contributed by atoms with Crippen molar-refractivity contribution >= 4 is 5.91 Å². The van der Waals surface area contributed by atoms with Gasteiger partial charge in [-0.25, -0.2) is 0 Å². The fraction of sp³-hybridized carbons (Fsp3) is 0.929. The molecule has 2 fully saturated rings. The average molecular weight is 253 g/mol. The van der Waals surface area contributed by atoms with Gasteiger partial charge in [0, 0.05) is 58.8 Å². The Morgan fingerprint density at radius 1 is 1.22 bits per heavy atom. The first kappa shape index (κ1) is 13.8. The van der Waals surface area contributed by atoms with Crippen molar-refractivity contribution in [1.29, 1.82) is 0 Å². The van der Waals surface area contributed by atoms with Gasteiger partial charge in [-0.15, -0.1) is 0 Å². The number of carbonyl (C=O) groups is 1. The molecule has 4 nitrogen and oxygen atoms in total. The molecule has 2 rings (SSSR count). The molecule has 0 aliphatic carbocycles. The quantitative estimate of drug-likeness (QED) is 0.747. The minimum absolute atomic E-state index is 0.316. The fourth-order valence-electron chi connectivity index (χ4n) is 3.08. The van der Waals surface area contributed by atoms with Crippen LogP contribution in [-0.2, 0) is 4.79 Å². The van der Waals surface area contributed by atoms with E-state index < -0.39 is 0 Å². The largest absolute Gasteiger partial charge is 0.345 e. The highest BCUT2D eigenvalue weighted by molar-refractivity contribution is 5.76. The van der Waals surface area contributed by atoms with Crippen LogP contribution in [0.25, 0.3) is 0 Å². The monoisotopic (exact) mass is 253 g/mol. The number of amides is 1. The lowest BCUT2D eigenvalue weighted by Crippen LogP contribution is -2.51. The van der Waals surface area contributed by atoms with Crippen molar-refractivity contribution in [1.82, 2.24) is 14.7 Å². The summed E-state index contributed by atoms with van der Waals surface area (Å²) in [7, 11) is 1.94. The van der Waals surface area contributed by atoms with Gasteiger partial charge in [-0.2, -0.15) is 0 Å². The second-order valence-electron chi connectivity index (χ2n) is 6.11. The summed E-state index contributed by atoms with van der Waals surface area (Å²) in [5.74, 6) is 0.995. The lowest BCUT2D eigenvalue weighted by molar-refractivity contribution is -0.133. The van der Waals surface area contributed by atoms with E-state index in [2.05, 4.69) is 23.6 Å². The number of rotatable bonds is 3. The minimum atomic E-state index is 0.316. The van der Waals surface area contributed by atoms with Gasteiger partial charge in [-0.3, -0.25) is 9.69 Å². The Morgan fingerprint density at radius 2 is 1.89 bits per heavy atom. The van der Waals surface area contributed by atoms with Crippen LogP contribution in [0.4, 0.5) is 0 Å². The topological polar surface area (TPSA) is 26.8 Å². The molecule has 1 amide bonds. The van der Waals surface area contributed by atoms with Crippen LogP contribution < -0.4 is 0 Å². The summed E-state index contributed by atoms with van der Waals surface area (Å²) in [5, 5.41) is 0. The summed E-state index contributed by atoms with van der Waals surface area (Å²) in [4.78, 5) is 18.5. The van der Waals surface area contributed by atoms with E-state index in [1.165, 1.54) is 32.7 Å². The summed E-state index contributed by atoms with van der Waals surface area (Å²) in [5.41, 5.74) is 0. The van der Waals surface area contributed by atoms with Gasteiger partial charge in [0.15, 0.2) is 0 Å². The number of nitrogens with zero attached hydrogens (tertiary/aromatic N) is 3. The summed E-state index contributed by atoms with van der Waals surface area (Å²) in [6.45, 7) is 11.4. The van der Waals surface area contributed by atoms with E-state index in [4.69, 9.17) is 0 Å². The van der Waals surface area contributed by atoms with Crippen LogP contribution >= 0.6 is 0 Å². The predicted molar refractivity (Wildman–Crippen MR) is 73.5 cm³/mol. The van der Waals surface area contributed by atoms with Gasteiger partial charge in [-0.05, 0) is 26.2 Å². The molecule has 1 unspecified atom stereocenters. The molecule has 1 atom stereocenters. The van der Waals surface area contributed by atoms with Crippen LogP contribution in [0.2, 0.25) is 0 Å². The first-order valence-electron chi connectivity index (χ1n) is 7.26. The van der Waals surface area contributed by atoms with E-state index in [-0.39, 0.29) is 0 Å². The predicted octanol–water partition coefficient (Wildman–Crippen LogP) is 0.881. The van der Waals surface area contributed by atoms with Gasteiger partial charge in [0.2, 0.25) is 5.91 Å². The normalized spacial score (nSPS) is 28.1. The third kappa shape index (κ3) is 3.45. The number of piperazine rings is 1. The van der Waals surface area contributed by atoms with Crippen molar-refractivity contribution in [2.24, 2.45) is 5.92 Å². The maximum Gasteiger partial charge on any atom is 0.222 e. The van der Waals surface area contributed by atoms with Crippen LogP contribution in [0, 0.1) is 5.92 Å². The van der Waals surface area contributed by atoms with Gasteiger partial charge < -0.3 is 9.80 Å². The molecule has 0 saturated carbocycles. The first-order valence-corrected chi connectivity index (χ1v) is 7.26. The lowest BCUT2D eigenvalue weighted by atomic mass is 9.97. The Hall–Kier alpha value is -0.610. The van der Waals surface area contributed by atoms with E-state index >= 15 is 0 Å². The van der Waals surface area contributed by atoms with Crippen molar-refractivity contribution in [3.8, 4) is 0 Å². The van der Waals surface area contributed by atoms with Crippen molar-refractivity contribution in [2.75, 3.05) is 46.3 Å². The van der Waals surface area contributed by atoms with Crippen LogP contribution in [0.3, 0.4) is 0 Å². The SMILES string of the molecule is CC(C)N1CCN(CC2CCC(=O)N(C)C2)CC1. The molecule has 0 spiro atoms. The van der Waals surface area contributed by atoms with E-state index in [9.17, 15) is 4.79 Å². The highest BCUT2D eigenvalue weighted by Gasteiger charge is 2.26. The Balaban J connectivity index is 1.73. The third-order valence-corrected chi connectivity index (χ3v) is 4.38. The Kier molecular flexibility index (Phi) is 4.62. The first-order chi connectivity index (χ1) is 8.56. The highest BCUT2D eigenvalue weighted by atomic mass is 16.2. The maximum absolute atomic E-state index is 11.5. The molecule has 18 heavy (non-hydrogen) atoms. The summed E-state index contributed by atoms with van der Waals surface area (Å²) < 4.78 is 0. The van der Waals surface area contributed by atoms with Gasteiger partial charge in [-0.1, -0.05) is 0 Å². The Bertz CT molecular complexity index is 285. The van der Waals surface area contributed by atoms with Gasteiger partial charge >= 0.3 is 0 Å². The van der Waals surface area contributed by atoms with Gasteiger partial charge in [0.05, 0.1) is 0 Å². The van der Waals surface area contributed by atoms with Crippen LogP contribution in [0.15, 0.2) is 0 Å². The zero-order valence-electron chi connectivity index (χ0n) is 12.1. The zero-order chi connectivity index (χ0) is 13.1. The Morgan fingerprint density at radius 3 is 2.44 bits per heavy atom. The van der Waals surface area contributed by atoms with Crippen LogP contribution in [-0.4, -0.2) is 73.0 Å². The minimum Gasteiger partial charge on any atom is -0.345 e. The fourth-order valence-corrected chi connectivity index (χ4v) is 3.08. The van der Waals surface area contributed by atoms with E-state index in [0.29, 0.717) is 17.9 Å². The maximum atomic E-state index is 11.5.